The normalized spacial score (nSPS) is 37.8. The number of carbonyl (C=O) groups is 1. The Balaban J connectivity index is 0.000000441. The Morgan fingerprint density at radius 1 is 1.14 bits per heavy atom. The molecule has 1 aromatic carbocycles. The fourth-order valence-electron chi connectivity index (χ4n) is 7.45. The molecule has 2 saturated heterocycles. The summed E-state index contributed by atoms with van der Waals surface area (Å²) >= 11 is 0. The van der Waals surface area contributed by atoms with E-state index in [0.29, 0.717) is 11.8 Å². The largest absolute Gasteiger partial charge is 0.542 e. The Morgan fingerprint density at radius 3 is 2.48 bits per heavy atom. The van der Waals surface area contributed by atoms with Gasteiger partial charge in [0.05, 0.1) is 26.1 Å². The minimum absolute atomic E-state index is 0.0103. The second-order valence-corrected chi connectivity index (χ2v) is 12.4. The SMILES string of the molecule is Cc1nnc([C@H]2O[C@@H](O[C@H]3C=C[C@H]4[C@H]5Cc6ccc(O)c7c6[C@@]4(CC[N+]5(C)C)[C@H]3O7)[C@H](O)[C@@H](O)[C@@H]2O)o1.O=C([O-])C(F)(F)F. The van der Waals surface area contributed by atoms with E-state index in [1.165, 1.54) is 5.56 Å². The van der Waals surface area contributed by atoms with Crippen molar-refractivity contribution in [1.29, 1.82) is 0 Å². The maximum Gasteiger partial charge on any atom is 0.430 e. The third kappa shape index (κ3) is 4.66. The minimum Gasteiger partial charge on any atom is -0.542 e. The van der Waals surface area contributed by atoms with Gasteiger partial charge in [0.2, 0.25) is 11.8 Å². The summed E-state index contributed by atoms with van der Waals surface area (Å²) in [6, 6.07) is 4.05. The molecule has 4 N–H and O–H groups in total. The molecule has 13 nitrogen and oxygen atoms in total. The van der Waals surface area contributed by atoms with Crippen molar-refractivity contribution in [3.8, 4) is 11.5 Å². The highest BCUT2D eigenvalue weighted by Gasteiger charge is 2.68. The standard InChI is InChI=1S/C26H31N3O8.C2HF3O2/c1-11-27-28-24(34-11)22-19(32)18(31)20(33)25(37-22)35-16-7-5-13-14-10-12-4-6-15(30)21-17(12)26(13,23(16)36-21)8-9-29(14,2)3;3-2(4,5)1(6)7/h4-7,13-14,16,18-20,22-23,25,31-33H,8-10H2,1-3H3;(H,6,7)/t13-,14+,16-,18-,19-,20+,22-,23-,25+,26-;/m0./s1. The molecule has 2 bridgehead atoms. The number of carboxylic acid groups (broad SMARTS) is 1. The highest BCUT2D eigenvalue weighted by Crippen LogP contribution is 2.63. The Kier molecular flexibility index (Phi) is 7.25. The molecule has 44 heavy (non-hydrogen) atoms. The number of aryl methyl sites for hydroxylation is 1. The Morgan fingerprint density at radius 2 is 1.84 bits per heavy atom. The van der Waals surface area contributed by atoms with Crippen LogP contribution in [0.1, 0.15) is 35.4 Å². The van der Waals surface area contributed by atoms with Crippen LogP contribution in [0.25, 0.3) is 0 Å². The lowest BCUT2D eigenvalue weighted by Crippen LogP contribution is -2.70. The fourth-order valence-corrected chi connectivity index (χ4v) is 7.45. The fraction of sp³-hybridized carbons (Fsp3) is 0.607. The van der Waals surface area contributed by atoms with Crippen LogP contribution in [0.2, 0.25) is 0 Å². The van der Waals surface area contributed by atoms with Crippen LogP contribution in [0.15, 0.2) is 28.7 Å². The van der Waals surface area contributed by atoms with Gasteiger partial charge in [-0.25, -0.2) is 0 Å². The van der Waals surface area contributed by atoms with Gasteiger partial charge in [-0.3, -0.25) is 0 Å². The van der Waals surface area contributed by atoms with Crippen molar-refractivity contribution in [3.05, 3.63) is 47.2 Å². The summed E-state index contributed by atoms with van der Waals surface area (Å²) in [5.41, 5.74) is 1.87. The molecule has 1 spiro atoms. The van der Waals surface area contributed by atoms with E-state index in [4.69, 9.17) is 28.5 Å². The molecular formula is C28H32F3N3O10. The minimum atomic E-state index is -5.19. The number of aliphatic carboxylic acids is 1. The number of aromatic hydroxyl groups is 1. The number of likely N-dealkylation sites (N-methyl/N-ethyl adjacent to an activating group) is 1. The van der Waals surface area contributed by atoms with Crippen LogP contribution in [0.3, 0.4) is 0 Å². The number of aliphatic hydroxyl groups is 3. The van der Waals surface area contributed by atoms with Gasteiger partial charge in [-0.1, -0.05) is 18.2 Å². The lowest BCUT2D eigenvalue weighted by Gasteiger charge is -2.59. The van der Waals surface area contributed by atoms with E-state index in [0.717, 1.165) is 29.4 Å². The summed E-state index contributed by atoms with van der Waals surface area (Å²) in [4.78, 5) is 8.78. The number of likely N-dealkylation sites (tertiary alicyclic amines) is 1. The van der Waals surface area contributed by atoms with Crippen molar-refractivity contribution in [2.24, 2.45) is 5.92 Å². The monoisotopic (exact) mass is 627 g/mol. The Labute approximate surface area is 248 Å². The quantitative estimate of drug-likeness (QED) is 0.254. The number of halogens is 3. The van der Waals surface area contributed by atoms with Crippen molar-refractivity contribution in [2.75, 3.05) is 20.6 Å². The molecule has 0 amide bonds. The zero-order valence-electron chi connectivity index (χ0n) is 23.8. The first-order valence-corrected chi connectivity index (χ1v) is 14.0. The molecule has 2 fully saturated rings. The van der Waals surface area contributed by atoms with E-state index < -0.39 is 55.1 Å². The van der Waals surface area contributed by atoms with Crippen LogP contribution >= 0.6 is 0 Å². The molecule has 0 saturated carbocycles. The Hall–Kier alpha value is -3.28. The second kappa shape index (κ2) is 10.4. The number of phenols is 1. The maximum atomic E-state index is 10.8. The zero-order chi connectivity index (χ0) is 31.9. The van der Waals surface area contributed by atoms with Crippen LogP contribution < -0.4 is 9.84 Å². The number of piperidine rings is 1. The van der Waals surface area contributed by atoms with Gasteiger partial charge in [0.1, 0.15) is 42.5 Å². The lowest BCUT2D eigenvalue weighted by atomic mass is 9.53. The smallest absolute Gasteiger partial charge is 0.430 e. The number of nitrogens with zero attached hydrogens (tertiary/aromatic N) is 3. The van der Waals surface area contributed by atoms with Gasteiger partial charge < -0.3 is 53.4 Å². The third-order valence-electron chi connectivity index (χ3n) is 9.56. The number of carbonyl (C=O) groups excluding carboxylic acids is 1. The van der Waals surface area contributed by atoms with Crippen LogP contribution in [0, 0.1) is 12.8 Å². The van der Waals surface area contributed by atoms with Crippen molar-refractivity contribution in [3.63, 3.8) is 0 Å². The van der Waals surface area contributed by atoms with Gasteiger partial charge in [-0.2, -0.15) is 13.2 Å². The van der Waals surface area contributed by atoms with Gasteiger partial charge in [0, 0.05) is 31.2 Å². The average molecular weight is 628 g/mol. The summed E-state index contributed by atoms with van der Waals surface area (Å²) < 4.78 is 56.6. The summed E-state index contributed by atoms with van der Waals surface area (Å²) in [6.07, 6.45) is -7.45. The Bertz CT molecular complexity index is 1480. The van der Waals surface area contributed by atoms with E-state index in [9.17, 15) is 33.6 Å². The second-order valence-electron chi connectivity index (χ2n) is 12.4. The first-order chi connectivity index (χ1) is 20.6. The number of aliphatic hydroxyl groups excluding tert-OH is 3. The molecular weight excluding hydrogens is 595 g/mol. The van der Waals surface area contributed by atoms with Crippen molar-refractivity contribution < 1.29 is 66.6 Å². The average Bonchev–Trinajstić information content (AvgIpc) is 3.54. The van der Waals surface area contributed by atoms with E-state index in [-0.39, 0.29) is 28.9 Å². The van der Waals surface area contributed by atoms with Crippen LogP contribution in [-0.2, 0) is 26.1 Å². The molecule has 3 aliphatic heterocycles. The summed E-state index contributed by atoms with van der Waals surface area (Å²) in [6.45, 7) is 2.55. The van der Waals surface area contributed by atoms with Crippen molar-refractivity contribution in [1.82, 2.24) is 10.2 Å². The molecule has 1 aromatic heterocycles. The number of hydrogen-bond donors (Lipinski definition) is 4. The van der Waals surface area contributed by atoms with Gasteiger partial charge in [0.15, 0.2) is 23.9 Å². The number of phenolic OH excluding ortho intramolecular Hbond substituents is 1. The molecule has 0 unspecified atom stereocenters. The van der Waals surface area contributed by atoms with Gasteiger partial charge in [0.25, 0.3) is 0 Å². The zero-order valence-corrected chi connectivity index (χ0v) is 23.8. The van der Waals surface area contributed by atoms with Crippen molar-refractivity contribution >= 4 is 5.97 Å². The molecule has 10 atom stereocenters. The van der Waals surface area contributed by atoms with E-state index in [2.05, 4.69) is 30.4 Å². The first-order valence-electron chi connectivity index (χ1n) is 14.0. The number of ether oxygens (including phenoxy) is 3. The topological polar surface area (TPSA) is 188 Å². The molecule has 7 rings (SSSR count). The van der Waals surface area contributed by atoms with Gasteiger partial charge in [-0.05, 0) is 11.6 Å². The highest BCUT2D eigenvalue weighted by molar-refractivity contribution is 5.70. The predicted molar refractivity (Wildman–Crippen MR) is 137 cm³/mol. The molecule has 240 valence electrons. The number of hydrogen-bond acceptors (Lipinski definition) is 12. The number of aromatic nitrogens is 2. The third-order valence-corrected chi connectivity index (χ3v) is 9.56. The van der Waals surface area contributed by atoms with Crippen LogP contribution in [0.4, 0.5) is 13.2 Å². The van der Waals surface area contributed by atoms with Gasteiger partial charge >= 0.3 is 6.18 Å². The van der Waals surface area contributed by atoms with Crippen LogP contribution in [-0.4, -0.2) is 111 Å². The summed E-state index contributed by atoms with van der Waals surface area (Å²) in [7, 11) is 4.53. The number of quaternary nitrogens is 1. The first kappa shape index (κ1) is 30.7. The number of benzene rings is 1. The maximum absolute atomic E-state index is 10.8. The summed E-state index contributed by atoms with van der Waals surface area (Å²) in [5.74, 6) is -1.93. The highest BCUT2D eigenvalue weighted by atomic mass is 19.4. The molecule has 2 aromatic rings. The number of alkyl halides is 3. The number of rotatable bonds is 3. The molecule has 2 aliphatic carbocycles. The summed E-state index contributed by atoms with van der Waals surface area (Å²) in [5, 5.41) is 59.2. The lowest BCUT2D eigenvalue weighted by molar-refractivity contribution is -0.926. The van der Waals surface area contributed by atoms with Gasteiger partial charge in [-0.15, -0.1) is 10.2 Å². The molecule has 5 aliphatic rings. The van der Waals surface area contributed by atoms with E-state index >= 15 is 0 Å². The molecule has 4 heterocycles. The van der Waals surface area contributed by atoms with E-state index in [1.807, 2.05) is 12.1 Å². The molecule has 0 radical (unpaired) electrons. The predicted octanol–water partition coefficient (Wildman–Crippen LogP) is -0.463. The van der Waals surface area contributed by atoms with E-state index in [1.54, 1.807) is 13.0 Å². The number of carboxylic acids is 1. The van der Waals surface area contributed by atoms with Crippen molar-refractivity contribution in [2.45, 2.75) is 80.3 Å². The molecule has 16 heteroatoms. The van der Waals surface area contributed by atoms with Crippen LogP contribution in [0.5, 0.6) is 11.5 Å².